The van der Waals surface area contributed by atoms with Crippen molar-refractivity contribution in [1.82, 2.24) is 10.2 Å². The quantitative estimate of drug-likeness (QED) is 0.770. The molecule has 0 bridgehead atoms. The molecule has 0 spiro atoms. The Balaban J connectivity index is 2.91. The summed E-state index contributed by atoms with van der Waals surface area (Å²) < 4.78 is 0. The molecule has 0 saturated carbocycles. The maximum Gasteiger partial charge on any atom is 0.0454 e. The largest absolute Gasteiger partial charge is 0.309 e. The van der Waals surface area contributed by atoms with Crippen molar-refractivity contribution in [2.75, 3.05) is 26.7 Å². The van der Waals surface area contributed by atoms with Gasteiger partial charge in [0.15, 0.2) is 0 Å². The Morgan fingerprint density at radius 2 is 1.62 bits per heavy atom. The molecule has 1 N–H and O–H groups in total. The number of aryl methyl sites for hydroxylation is 3. The van der Waals surface area contributed by atoms with Gasteiger partial charge in [-0.2, -0.15) is 0 Å². The zero-order chi connectivity index (χ0) is 16.0. The highest BCUT2D eigenvalue weighted by Gasteiger charge is 2.18. The van der Waals surface area contributed by atoms with Crippen LogP contribution in [0.1, 0.15) is 55.5 Å². The molecule has 1 aromatic rings. The van der Waals surface area contributed by atoms with E-state index in [0.717, 1.165) is 19.0 Å². The molecule has 0 aromatic heterocycles. The second-order valence-corrected chi connectivity index (χ2v) is 6.66. The van der Waals surface area contributed by atoms with Crippen LogP contribution in [-0.4, -0.2) is 31.6 Å². The Morgan fingerprint density at radius 1 is 1.05 bits per heavy atom. The molecule has 0 heterocycles. The van der Waals surface area contributed by atoms with Gasteiger partial charge in [0.2, 0.25) is 0 Å². The van der Waals surface area contributed by atoms with Gasteiger partial charge in [0.25, 0.3) is 0 Å². The lowest BCUT2D eigenvalue weighted by Crippen LogP contribution is -2.35. The van der Waals surface area contributed by atoms with Gasteiger partial charge in [0.05, 0.1) is 0 Å². The van der Waals surface area contributed by atoms with E-state index >= 15 is 0 Å². The highest BCUT2D eigenvalue weighted by Crippen LogP contribution is 2.24. The standard InChI is InChI=1S/C19H34N2/c1-8-14(3)12-21(7)13-18(20-9-2)19-16(5)10-15(4)11-17(19)6/h10-11,14,18,20H,8-9,12-13H2,1-7H3. The predicted molar refractivity (Wildman–Crippen MR) is 94.0 cm³/mol. The molecular weight excluding hydrogens is 256 g/mol. The summed E-state index contributed by atoms with van der Waals surface area (Å²) in [6, 6.07) is 5.03. The lowest BCUT2D eigenvalue weighted by molar-refractivity contribution is 0.253. The normalized spacial score (nSPS) is 14.5. The average molecular weight is 290 g/mol. The lowest BCUT2D eigenvalue weighted by atomic mass is 9.93. The van der Waals surface area contributed by atoms with E-state index in [2.05, 4.69) is 70.9 Å². The van der Waals surface area contributed by atoms with Crippen LogP contribution in [0.4, 0.5) is 0 Å². The Kier molecular flexibility index (Phi) is 7.41. The summed E-state index contributed by atoms with van der Waals surface area (Å²) in [5, 5.41) is 3.68. The summed E-state index contributed by atoms with van der Waals surface area (Å²) >= 11 is 0. The molecule has 0 radical (unpaired) electrons. The van der Waals surface area contributed by atoms with Gasteiger partial charge in [-0.25, -0.2) is 0 Å². The van der Waals surface area contributed by atoms with E-state index < -0.39 is 0 Å². The average Bonchev–Trinajstić information content (AvgIpc) is 2.37. The minimum atomic E-state index is 0.421. The van der Waals surface area contributed by atoms with E-state index in [1.54, 1.807) is 0 Å². The summed E-state index contributed by atoms with van der Waals surface area (Å²) in [5.74, 6) is 0.762. The number of benzene rings is 1. The van der Waals surface area contributed by atoms with Crippen molar-refractivity contribution in [3.05, 3.63) is 34.4 Å². The van der Waals surface area contributed by atoms with Gasteiger partial charge in [-0.1, -0.05) is 44.9 Å². The molecule has 1 rings (SSSR count). The van der Waals surface area contributed by atoms with Gasteiger partial charge < -0.3 is 10.2 Å². The van der Waals surface area contributed by atoms with E-state index in [1.165, 1.54) is 35.2 Å². The smallest absolute Gasteiger partial charge is 0.0454 e. The fourth-order valence-electron chi connectivity index (χ4n) is 3.29. The topological polar surface area (TPSA) is 15.3 Å². The van der Waals surface area contributed by atoms with Crippen molar-refractivity contribution in [3.8, 4) is 0 Å². The first-order valence-corrected chi connectivity index (χ1v) is 8.38. The van der Waals surface area contributed by atoms with Crippen LogP contribution in [0.3, 0.4) is 0 Å². The van der Waals surface area contributed by atoms with Gasteiger partial charge >= 0.3 is 0 Å². The first kappa shape index (κ1) is 18.2. The molecule has 1 aromatic carbocycles. The molecule has 0 aliphatic rings. The van der Waals surface area contributed by atoms with Crippen molar-refractivity contribution in [2.45, 2.75) is 54.0 Å². The van der Waals surface area contributed by atoms with Crippen LogP contribution in [0.5, 0.6) is 0 Å². The van der Waals surface area contributed by atoms with Gasteiger partial charge in [0, 0.05) is 19.1 Å². The van der Waals surface area contributed by atoms with Gasteiger partial charge in [0.1, 0.15) is 0 Å². The predicted octanol–water partition coefficient (Wildman–Crippen LogP) is 4.24. The second kappa shape index (κ2) is 8.55. The van der Waals surface area contributed by atoms with E-state index in [4.69, 9.17) is 0 Å². The second-order valence-electron chi connectivity index (χ2n) is 6.66. The summed E-state index contributed by atoms with van der Waals surface area (Å²) in [4.78, 5) is 2.47. The summed E-state index contributed by atoms with van der Waals surface area (Å²) in [6.45, 7) is 16.7. The molecule has 120 valence electrons. The summed E-state index contributed by atoms with van der Waals surface area (Å²) in [5.41, 5.74) is 5.67. The van der Waals surface area contributed by atoms with Gasteiger partial charge in [-0.05, 0) is 57.0 Å². The van der Waals surface area contributed by atoms with Crippen LogP contribution >= 0.6 is 0 Å². The number of nitrogens with zero attached hydrogens (tertiary/aromatic N) is 1. The molecular formula is C19H34N2. The maximum atomic E-state index is 3.68. The van der Waals surface area contributed by atoms with Crippen LogP contribution in [0.15, 0.2) is 12.1 Å². The van der Waals surface area contributed by atoms with Crippen molar-refractivity contribution in [3.63, 3.8) is 0 Å². The molecule has 21 heavy (non-hydrogen) atoms. The number of likely N-dealkylation sites (N-methyl/N-ethyl adjacent to an activating group) is 2. The monoisotopic (exact) mass is 290 g/mol. The molecule has 0 fully saturated rings. The van der Waals surface area contributed by atoms with E-state index in [9.17, 15) is 0 Å². The summed E-state index contributed by atoms with van der Waals surface area (Å²) in [7, 11) is 2.25. The molecule has 0 amide bonds. The van der Waals surface area contributed by atoms with Crippen LogP contribution in [0, 0.1) is 26.7 Å². The van der Waals surface area contributed by atoms with Crippen molar-refractivity contribution >= 4 is 0 Å². The first-order valence-electron chi connectivity index (χ1n) is 8.38. The third kappa shape index (κ3) is 5.44. The molecule has 2 nitrogen and oxygen atoms in total. The minimum Gasteiger partial charge on any atom is -0.309 e. The molecule has 0 saturated heterocycles. The summed E-state index contributed by atoms with van der Waals surface area (Å²) in [6.07, 6.45) is 1.25. The SMILES string of the molecule is CCNC(CN(C)CC(C)CC)c1c(C)cc(C)cc1C. The number of hydrogen-bond donors (Lipinski definition) is 1. The van der Waals surface area contributed by atoms with Crippen LogP contribution in [-0.2, 0) is 0 Å². The number of nitrogens with one attached hydrogen (secondary N) is 1. The van der Waals surface area contributed by atoms with Gasteiger partial charge in [-0.3, -0.25) is 0 Å². The first-order chi connectivity index (χ1) is 9.88. The third-order valence-electron chi connectivity index (χ3n) is 4.35. The lowest BCUT2D eigenvalue weighted by Gasteiger charge is -2.29. The zero-order valence-corrected chi connectivity index (χ0v) is 15.1. The van der Waals surface area contributed by atoms with E-state index in [-0.39, 0.29) is 0 Å². The van der Waals surface area contributed by atoms with E-state index in [0.29, 0.717) is 6.04 Å². The molecule has 0 aliphatic heterocycles. The maximum absolute atomic E-state index is 3.68. The van der Waals surface area contributed by atoms with Crippen molar-refractivity contribution in [1.29, 1.82) is 0 Å². The highest BCUT2D eigenvalue weighted by atomic mass is 15.1. The highest BCUT2D eigenvalue weighted by molar-refractivity contribution is 5.39. The number of hydrogen-bond acceptors (Lipinski definition) is 2. The van der Waals surface area contributed by atoms with Crippen LogP contribution in [0.2, 0.25) is 0 Å². The van der Waals surface area contributed by atoms with Crippen molar-refractivity contribution in [2.24, 2.45) is 5.92 Å². The Labute approximate surface area is 131 Å². The Morgan fingerprint density at radius 3 is 2.10 bits per heavy atom. The van der Waals surface area contributed by atoms with Crippen LogP contribution < -0.4 is 5.32 Å². The minimum absolute atomic E-state index is 0.421. The molecule has 0 aliphatic carbocycles. The fraction of sp³-hybridized carbons (Fsp3) is 0.684. The Hall–Kier alpha value is -0.860. The van der Waals surface area contributed by atoms with Gasteiger partial charge in [-0.15, -0.1) is 0 Å². The van der Waals surface area contributed by atoms with E-state index in [1.807, 2.05) is 0 Å². The molecule has 2 unspecified atom stereocenters. The molecule has 2 heteroatoms. The van der Waals surface area contributed by atoms with Crippen molar-refractivity contribution < 1.29 is 0 Å². The third-order valence-corrected chi connectivity index (χ3v) is 4.35. The Bertz CT molecular complexity index is 416. The zero-order valence-electron chi connectivity index (χ0n) is 15.1. The number of rotatable bonds is 8. The van der Waals surface area contributed by atoms with Crippen LogP contribution in [0.25, 0.3) is 0 Å². The molecule has 2 atom stereocenters. The fourth-order valence-corrected chi connectivity index (χ4v) is 3.29.